The highest BCUT2D eigenvalue weighted by Gasteiger charge is 2.40. The Kier molecular flexibility index (Phi) is 4.99. The van der Waals surface area contributed by atoms with Crippen molar-refractivity contribution in [3.63, 3.8) is 0 Å². The molecule has 2 aromatic rings. The molecule has 0 spiro atoms. The van der Waals surface area contributed by atoms with Crippen LogP contribution in [0.4, 0.5) is 5.69 Å². The van der Waals surface area contributed by atoms with Crippen molar-refractivity contribution in [3.8, 4) is 0 Å². The number of amides is 1. The van der Waals surface area contributed by atoms with E-state index in [-0.39, 0.29) is 12.3 Å². The maximum atomic E-state index is 12.6. The topological polar surface area (TPSA) is 95.5 Å². The summed E-state index contributed by atoms with van der Waals surface area (Å²) in [5, 5.41) is 16.9. The lowest BCUT2D eigenvalue weighted by atomic mass is 10.2. The van der Waals surface area contributed by atoms with Crippen molar-refractivity contribution < 1.29 is 19.1 Å². The molecule has 0 aliphatic carbocycles. The van der Waals surface area contributed by atoms with Crippen LogP contribution in [0.3, 0.4) is 0 Å². The molecular weight excluding hydrogens is 342 g/mol. The number of carbonyl (C=O) groups is 2. The van der Waals surface area contributed by atoms with Gasteiger partial charge in [-0.2, -0.15) is 0 Å². The van der Waals surface area contributed by atoms with E-state index in [1.54, 1.807) is 43.3 Å². The number of nitrogens with zero attached hydrogens (tertiary/aromatic N) is 3. The van der Waals surface area contributed by atoms with Crippen molar-refractivity contribution in [1.82, 2.24) is 0 Å². The van der Waals surface area contributed by atoms with Gasteiger partial charge in [-0.15, -0.1) is 10.2 Å². The van der Waals surface area contributed by atoms with E-state index in [4.69, 9.17) is 9.52 Å². The fourth-order valence-electron chi connectivity index (χ4n) is 2.29. The summed E-state index contributed by atoms with van der Waals surface area (Å²) in [5.74, 6) is -0.773. The number of aliphatic carboxylic acids is 1. The molecule has 1 saturated heterocycles. The second-order valence-electron chi connectivity index (χ2n) is 5.26. The molecule has 1 unspecified atom stereocenters. The Bertz CT molecular complexity index is 831. The smallest absolute Gasteiger partial charge is 0.305 e. The molecule has 128 valence electrons. The Morgan fingerprint density at radius 3 is 2.68 bits per heavy atom. The monoisotopic (exact) mass is 357 g/mol. The zero-order valence-corrected chi connectivity index (χ0v) is 14.1. The second-order valence-corrected chi connectivity index (χ2v) is 6.43. The molecule has 25 heavy (non-hydrogen) atoms. The average molecular weight is 357 g/mol. The van der Waals surface area contributed by atoms with Gasteiger partial charge >= 0.3 is 5.97 Å². The van der Waals surface area contributed by atoms with Crippen molar-refractivity contribution in [2.24, 2.45) is 10.2 Å². The van der Waals surface area contributed by atoms with E-state index in [0.29, 0.717) is 22.3 Å². The van der Waals surface area contributed by atoms with Crippen molar-refractivity contribution in [1.29, 1.82) is 0 Å². The normalized spacial score (nSPS) is 19.6. The van der Waals surface area contributed by atoms with Crippen LogP contribution in [-0.2, 0) is 9.59 Å². The number of para-hydroxylation sites is 1. The van der Waals surface area contributed by atoms with Gasteiger partial charge in [-0.05, 0) is 31.2 Å². The first-order chi connectivity index (χ1) is 12.1. The highest BCUT2D eigenvalue weighted by atomic mass is 32.2. The quantitative estimate of drug-likeness (QED) is 0.655. The largest absolute Gasteiger partial charge is 0.481 e. The van der Waals surface area contributed by atoms with Crippen LogP contribution in [0.1, 0.15) is 19.1 Å². The first kappa shape index (κ1) is 17.0. The Morgan fingerprint density at radius 1 is 1.28 bits per heavy atom. The molecule has 0 saturated carbocycles. The third-order valence-corrected chi connectivity index (χ3v) is 4.60. The minimum atomic E-state index is -1.03. The third-order valence-electron chi connectivity index (χ3n) is 3.47. The Morgan fingerprint density at radius 2 is 2.04 bits per heavy atom. The van der Waals surface area contributed by atoms with E-state index in [0.717, 1.165) is 11.8 Å². The maximum absolute atomic E-state index is 12.6. The molecule has 1 aliphatic rings. The van der Waals surface area contributed by atoms with Crippen molar-refractivity contribution in [3.05, 3.63) is 54.5 Å². The molecule has 8 heteroatoms. The third kappa shape index (κ3) is 3.80. The van der Waals surface area contributed by atoms with E-state index in [1.807, 2.05) is 6.07 Å². The molecule has 1 fully saturated rings. The first-order valence-corrected chi connectivity index (χ1v) is 8.38. The van der Waals surface area contributed by atoms with Gasteiger partial charge in [-0.25, -0.2) is 0 Å². The Balaban J connectivity index is 1.94. The van der Waals surface area contributed by atoms with Gasteiger partial charge in [0.25, 0.3) is 0 Å². The van der Waals surface area contributed by atoms with Crippen molar-refractivity contribution in [2.45, 2.75) is 18.6 Å². The molecular formula is C17H15N3O4S. The summed E-state index contributed by atoms with van der Waals surface area (Å²) in [6, 6.07) is 12.5. The lowest BCUT2D eigenvalue weighted by molar-refractivity contribution is -0.138. The van der Waals surface area contributed by atoms with Gasteiger partial charge in [0.1, 0.15) is 16.7 Å². The summed E-state index contributed by atoms with van der Waals surface area (Å²) in [6.45, 7) is 1.74. The SMILES string of the molecule is CC(=NN=C1SC(CC(=O)O)C(=O)N1c1ccccc1)c1ccco1. The maximum Gasteiger partial charge on any atom is 0.305 e. The number of hydrogen-bond donors (Lipinski definition) is 1. The minimum absolute atomic E-state index is 0.271. The van der Waals surface area contributed by atoms with Gasteiger partial charge in [-0.3, -0.25) is 14.5 Å². The van der Waals surface area contributed by atoms with Gasteiger partial charge in [-0.1, -0.05) is 30.0 Å². The summed E-state index contributed by atoms with van der Waals surface area (Å²) in [6.07, 6.45) is 1.27. The summed E-state index contributed by atoms with van der Waals surface area (Å²) in [5.41, 5.74) is 1.18. The molecule has 0 bridgehead atoms. The summed E-state index contributed by atoms with van der Waals surface area (Å²) >= 11 is 1.10. The van der Waals surface area contributed by atoms with Crippen LogP contribution in [-0.4, -0.2) is 33.1 Å². The van der Waals surface area contributed by atoms with E-state index in [1.165, 1.54) is 11.2 Å². The van der Waals surface area contributed by atoms with Crippen LogP contribution in [0.15, 0.2) is 63.3 Å². The lowest BCUT2D eigenvalue weighted by Gasteiger charge is -2.15. The number of anilines is 1. The molecule has 7 nitrogen and oxygen atoms in total. The average Bonchev–Trinajstić information content (AvgIpc) is 3.22. The number of thioether (sulfide) groups is 1. The van der Waals surface area contributed by atoms with Crippen LogP contribution in [0.2, 0.25) is 0 Å². The molecule has 1 N–H and O–H groups in total. The second kappa shape index (κ2) is 7.35. The first-order valence-electron chi connectivity index (χ1n) is 7.50. The van der Waals surface area contributed by atoms with E-state index < -0.39 is 11.2 Å². The molecule has 1 amide bonds. The molecule has 1 aliphatic heterocycles. The van der Waals surface area contributed by atoms with E-state index in [9.17, 15) is 9.59 Å². The summed E-state index contributed by atoms with van der Waals surface area (Å²) in [7, 11) is 0. The van der Waals surface area contributed by atoms with Crippen molar-refractivity contribution >= 4 is 40.2 Å². The number of carboxylic acids is 1. The summed E-state index contributed by atoms with van der Waals surface area (Å²) in [4.78, 5) is 25.0. The highest BCUT2D eigenvalue weighted by Crippen LogP contribution is 2.33. The molecule has 2 heterocycles. The standard InChI is InChI=1S/C17H15N3O4S/c1-11(13-8-5-9-24-13)18-19-17-20(12-6-3-2-4-7-12)16(23)14(25-17)10-15(21)22/h2-9,14H,10H2,1H3,(H,21,22). The number of rotatable bonds is 5. The molecule has 0 radical (unpaired) electrons. The Labute approximate surface area is 148 Å². The van der Waals surface area contributed by atoms with Crippen molar-refractivity contribution in [2.75, 3.05) is 4.90 Å². The summed E-state index contributed by atoms with van der Waals surface area (Å²) < 4.78 is 5.25. The zero-order valence-electron chi connectivity index (χ0n) is 13.3. The van der Waals surface area contributed by atoms with Crippen LogP contribution >= 0.6 is 11.8 Å². The minimum Gasteiger partial charge on any atom is -0.481 e. The Hall–Kier alpha value is -2.87. The number of amidine groups is 1. The number of hydrogen-bond acceptors (Lipinski definition) is 6. The van der Waals surface area contributed by atoms with Gasteiger partial charge in [0.05, 0.1) is 18.4 Å². The van der Waals surface area contributed by atoms with Crippen LogP contribution in [0.5, 0.6) is 0 Å². The van der Waals surface area contributed by atoms with E-state index in [2.05, 4.69) is 10.2 Å². The molecule has 3 rings (SSSR count). The number of benzene rings is 1. The van der Waals surface area contributed by atoms with Crippen LogP contribution in [0, 0.1) is 0 Å². The van der Waals surface area contributed by atoms with Gasteiger partial charge in [0.2, 0.25) is 5.91 Å². The van der Waals surface area contributed by atoms with E-state index >= 15 is 0 Å². The lowest BCUT2D eigenvalue weighted by Crippen LogP contribution is -2.32. The number of carboxylic acid groups (broad SMARTS) is 1. The molecule has 1 atom stereocenters. The van der Waals surface area contributed by atoms with Gasteiger partial charge in [0.15, 0.2) is 5.17 Å². The zero-order chi connectivity index (χ0) is 17.8. The van der Waals surface area contributed by atoms with Crippen LogP contribution in [0.25, 0.3) is 0 Å². The molecule has 1 aromatic heterocycles. The van der Waals surface area contributed by atoms with Gasteiger partial charge in [0, 0.05) is 0 Å². The highest BCUT2D eigenvalue weighted by molar-refractivity contribution is 8.16. The fraction of sp³-hybridized carbons (Fsp3) is 0.176. The predicted molar refractivity (Wildman–Crippen MR) is 95.9 cm³/mol. The van der Waals surface area contributed by atoms with Crippen LogP contribution < -0.4 is 4.90 Å². The predicted octanol–water partition coefficient (Wildman–Crippen LogP) is 2.98. The number of carbonyl (C=O) groups excluding carboxylic acids is 1. The number of furan rings is 1. The van der Waals surface area contributed by atoms with Gasteiger partial charge < -0.3 is 9.52 Å². The fourth-order valence-corrected chi connectivity index (χ4v) is 3.37. The molecule has 1 aromatic carbocycles.